The van der Waals surface area contributed by atoms with Crippen molar-refractivity contribution < 1.29 is 9.47 Å². The van der Waals surface area contributed by atoms with Crippen LogP contribution in [0.25, 0.3) is 0 Å². The van der Waals surface area contributed by atoms with E-state index in [4.69, 9.17) is 15.3 Å². The molecular weight excluding hydrogens is 268 g/mol. The van der Waals surface area contributed by atoms with E-state index in [1.54, 1.807) is 7.11 Å². The lowest BCUT2D eigenvalue weighted by molar-refractivity contribution is -0.0386. The Kier molecular flexibility index (Phi) is 5.52. The summed E-state index contributed by atoms with van der Waals surface area (Å²) < 4.78 is 11.3. The molecule has 2 unspecified atom stereocenters. The molecule has 0 bridgehead atoms. The predicted octanol–water partition coefficient (Wildman–Crippen LogP) is 0.412. The van der Waals surface area contributed by atoms with Crippen molar-refractivity contribution in [3.63, 3.8) is 0 Å². The van der Waals surface area contributed by atoms with E-state index in [1.807, 2.05) is 20.0 Å². The van der Waals surface area contributed by atoms with Crippen molar-refractivity contribution in [2.24, 2.45) is 5.84 Å². The summed E-state index contributed by atoms with van der Waals surface area (Å²) in [5.74, 6) is 6.64. The maximum Gasteiger partial charge on any atom is 0.128 e. The van der Waals surface area contributed by atoms with Gasteiger partial charge in [-0.25, -0.2) is 0 Å². The highest BCUT2D eigenvalue weighted by Crippen LogP contribution is 2.25. The third kappa shape index (κ3) is 3.71. The van der Waals surface area contributed by atoms with Gasteiger partial charge in [0, 0.05) is 42.5 Å². The Balaban J connectivity index is 2.15. The number of hydrogen-bond donors (Lipinski definition) is 2. The third-order valence-electron chi connectivity index (χ3n) is 4.12. The van der Waals surface area contributed by atoms with E-state index in [-0.39, 0.29) is 12.1 Å². The van der Waals surface area contributed by atoms with Gasteiger partial charge in [-0.05, 0) is 20.9 Å². The van der Waals surface area contributed by atoms with Crippen molar-refractivity contribution in [2.45, 2.75) is 32.4 Å². The molecule has 118 valence electrons. The van der Waals surface area contributed by atoms with E-state index >= 15 is 0 Å². The van der Waals surface area contributed by atoms with Gasteiger partial charge in [0.1, 0.15) is 5.75 Å². The highest BCUT2D eigenvalue weighted by atomic mass is 16.5. The van der Waals surface area contributed by atoms with Crippen molar-refractivity contribution in [2.75, 3.05) is 33.9 Å². The predicted molar refractivity (Wildman–Crippen MR) is 82.3 cm³/mol. The summed E-state index contributed by atoms with van der Waals surface area (Å²) in [6.45, 7) is 6.61. The molecule has 1 saturated heterocycles. The van der Waals surface area contributed by atoms with Gasteiger partial charge in [-0.2, -0.15) is 0 Å². The van der Waals surface area contributed by atoms with Crippen LogP contribution < -0.4 is 16.0 Å². The van der Waals surface area contributed by atoms with Crippen molar-refractivity contribution in [3.05, 3.63) is 23.0 Å². The van der Waals surface area contributed by atoms with E-state index < -0.39 is 0 Å². The highest BCUT2D eigenvalue weighted by Gasteiger charge is 2.27. The molecule has 1 aliphatic heterocycles. The zero-order valence-electron chi connectivity index (χ0n) is 13.3. The van der Waals surface area contributed by atoms with Crippen LogP contribution in [0.3, 0.4) is 0 Å². The smallest absolute Gasteiger partial charge is 0.128 e. The normalized spacial score (nSPS) is 21.3. The fraction of sp³-hybridized carbons (Fsp3) is 0.667. The summed E-state index contributed by atoms with van der Waals surface area (Å²) in [6.07, 6.45) is 2.64. The maximum absolute atomic E-state index is 5.85. The fourth-order valence-corrected chi connectivity index (χ4v) is 2.84. The quantitative estimate of drug-likeness (QED) is 0.605. The van der Waals surface area contributed by atoms with Gasteiger partial charge in [0.2, 0.25) is 0 Å². The summed E-state index contributed by atoms with van der Waals surface area (Å²) >= 11 is 0. The Bertz CT molecular complexity index is 481. The number of ether oxygens (including phenoxy) is 2. The van der Waals surface area contributed by atoms with Crippen LogP contribution >= 0.6 is 0 Å². The molecule has 0 aliphatic carbocycles. The van der Waals surface area contributed by atoms with Crippen LogP contribution in [0.5, 0.6) is 5.75 Å². The molecule has 1 aromatic heterocycles. The number of hydrazine groups is 1. The van der Waals surface area contributed by atoms with Crippen LogP contribution in [0.15, 0.2) is 6.20 Å². The number of rotatable bonds is 5. The van der Waals surface area contributed by atoms with Crippen molar-refractivity contribution in [1.29, 1.82) is 0 Å². The van der Waals surface area contributed by atoms with Crippen molar-refractivity contribution in [1.82, 2.24) is 15.3 Å². The van der Waals surface area contributed by atoms with Crippen LogP contribution in [0.4, 0.5) is 0 Å². The number of likely N-dealkylation sites (N-methyl/N-ethyl adjacent to an activating group) is 1. The molecule has 2 rings (SSSR count). The Labute approximate surface area is 126 Å². The largest absolute Gasteiger partial charge is 0.496 e. The number of nitrogens with zero attached hydrogens (tertiary/aromatic N) is 2. The molecule has 6 heteroatoms. The summed E-state index contributed by atoms with van der Waals surface area (Å²) in [5, 5.41) is 0. The Hall–Kier alpha value is -1.21. The zero-order chi connectivity index (χ0) is 15.4. The second kappa shape index (κ2) is 7.17. The van der Waals surface area contributed by atoms with Crippen LogP contribution in [-0.2, 0) is 11.2 Å². The number of nitrogens with one attached hydrogen (secondary N) is 1. The Morgan fingerprint density at radius 1 is 1.57 bits per heavy atom. The lowest BCUT2D eigenvalue weighted by Crippen LogP contribution is -2.54. The van der Waals surface area contributed by atoms with Gasteiger partial charge < -0.3 is 14.4 Å². The molecule has 0 saturated carbocycles. The molecule has 21 heavy (non-hydrogen) atoms. The van der Waals surface area contributed by atoms with Gasteiger partial charge in [-0.1, -0.05) is 0 Å². The summed E-state index contributed by atoms with van der Waals surface area (Å²) in [5.41, 5.74) is 6.00. The minimum absolute atomic E-state index is 0.0337. The standard InChI is InChI=1S/C15H26N4O2/c1-10-8-17-12(11(2)15(10)20-4)7-13(18-16)14-9-19(3)5-6-21-14/h8,13-14,18H,5-7,9,16H2,1-4H3. The number of aromatic nitrogens is 1. The molecule has 2 heterocycles. The van der Waals surface area contributed by atoms with E-state index in [0.29, 0.717) is 0 Å². The first-order valence-electron chi connectivity index (χ1n) is 7.32. The first kappa shape index (κ1) is 16.2. The molecule has 1 aliphatic rings. The average molecular weight is 294 g/mol. The summed E-state index contributed by atoms with van der Waals surface area (Å²) in [7, 11) is 3.79. The van der Waals surface area contributed by atoms with Gasteiger partial charge in [0.15, 0.2) is 0 Å². The lowest BCUT2D eigenvalue weighted by atomic mass is 10.00. The van der Waals surface area contributed by atoms with Crippen LogP contribution in [0, 0.1) is 13.8 Å². The number of hydrogen-bond acceptors (Lipinski definition) is 6. The minimum atomic E-state index is 0.0337. The number of morpholine rings is 1. The van der Waals surface area contributed by atoms with E-state index in [9.17, 15) is 0 Å². The minimum Gasteiger partial charge on any atom is -0.496 e. The SMILES string of the molecule is COc1c(C)cnc(CC(NN)C2CN(C)CCO2)c1C. The first-order chi connectivity index (χ1) is 10.1. The topological polar surface area (TPSA) is 72.6 Å². The first-order valence-corrected chi connectivity index (χ1v) is 7.32. The molecular formula is C15H26N4O2. The molecule has 6 nitrogen and oxygen atoms in total. The molecule has 1 fully saturated rings. The highest BCUT2D eigenvalue weighted by molar-refractivity contribution is 5.41. The molecule has 0 amide bonds. The zero-order valence-corrected chi connectivity index (χ0v) is 13.3. The monoisotopic (exact) mass is 294 g/mol. The van der Waals surface area contributed by atoms with Gasteiger partial charge >= 0.3 is 0 Å². The lowest BCUT2D eigenvalue weighted by Gasteiger charge is -2.35. The van der Waals surface area contributed by atoms with Crippen molar-refractivity contribution >= 4 is 0 Å². The molecule has 2 atom stereocenters. The fourth-order valence-electron chi connectivity index (χ4n) is 2.84. The molecule has 0 aromatic carbocycles. The van der Waals surface area contributed by atoms with Crippen LogP contribution in [-0.4, -0.2) is 55.9 Å². The van der Waals surface area contributed by atoms with Gasteiger partial charge in [-0.15, -0.1) is 0 Å². The number of nitrogens with two attached hydrogens (primary N) is 1. The van der Waals surface area contributed by atoms with Gasteiger partial charge in [-0.3, -0.25) is 16.3 Å². The Morgan fingerprint density at radius 3 is 2.95 bits per heavy atom. The third-order valence-corrected chi connectivity index (χ3v) is 4.12. The summed E-state index contributed by atoms with van der Waals surface area (Å²) in [4.78, 5) is 6.80. The van der Waals surface area contributed by atoms with Gasteiger partial charge in [0.05, 0.1) is 25.9 Å². The number of methoxy groups -OCH3 is 1. The second-order valence-corrected chi connectivity index (χ2v) is 5.69. The van der Waals surface area contributed by atoms with Crippen molar-refractivity contribution in [3.8, 4) is 5.75 Å². The Morgan fingerprint density at radius 2 is 2.33 bits per heavy atom. The molecule has 3 N–H and O–H groups in total. The molecule has 0 spiro atoms. The van der Waals surface area contributed by atoms with E-state index in [0.717, 1.165) is 48.7 Å². The van der Waals surface area contributed by atoms with E-state index in [1.165, 1.54) is 0 Å². The number of pyridine rings is 1. The van der Waals surface area contributed by atoms with Crippen LogP contribution in [0.1, 0.15) is 16.8 Å². The number of aryl methyl sites for hydroxylation is 1. The molecule has 1 aromatic rings. The summed E-state index contributed by atoms with van der Waals surface area (Å²) in [6, 6.07) is 0.0337. The average Bonchev–Trinajstić information content (AvgIpc) is 2.47. The van der Waals surface area contributed by atoms with Crippen LogP contribution in [0.2, 0.25) is 0 Å². The second-order valence-electron chi connectivity index (χ2n) is 5.69. The van der Waals surface area contributed by atoms with Gasteiger partial charge in [0.25, 0.3) is 0 Å². The molecule has 0 radical (unpaired) electrons. The maximum atomic E-state index is 5.85. The van der Waals surface area contributed by atoms with E-state index in [2.05, 4.69) is 22.4 Å².